The van der Waals surface area contributed by atoms with Crippen LogP contribution in [-0.4, -0.2) is 9.97 Å². The van der Waals surface area contributed by atoms with Gasteiger partial charge in [-0.1, -0.05) is 30.3 Å². The second kappa shape index (κ2) is 3.98. The maximum atomic E-state index is 5.41. The molecule has 0 bridgehead atoms. The summed E-state index contributed by atoms with van der Waals surface area (Å²) in [6.45, 7) is 0.384. The summed E-state index contributed by atoms with van der Waals surface area (Å²) in [6.07, 6.45) is 3.59. The number of rotatable bonds is 2. The first-order chi connectivity index (χ1) is 6.90. The fourth-order valence-corrected chi connectivity index (χ4v) is 1.24. The van der Waals surface area contributed by atoms with Crippen LogP contribution >= 0.6 is 0 Å². The van der Waals surface area contributed by atoms with Gasteiger partial charge in [-0.2, -0.15) is 0 Å². The fraction of sp³-hybridized carbons (Fsp3) is 0.0909. The van der Waals surface area contributed by atoms with Crippen LogP contribution in [0.3, 0.4) is 0 Å². The van der Waals surface area contributed by atoms with E-state index in [-0.39, 0.29) is 0 Å². The van der Waals surface area contributed by atoms with Gasteiger partial charge in [0.05, 0.1) is 6.54 Å². The smallest absolute Gasteiger partial charge is 0.141 e. The molecule has 1 aromatic carbocycles. The monoisotopic (exact) mass is 185 g/mol. The number of aromatic nitrogens is 2. The molecule has 0 amide bonds. The molecule has 3 nitrogen and oxygen atoms in total. The quantitative estimate of drug-likeness (QED) is 0.773. The van der Waals surface area contributed by atoms with Gasteiger partial charge in [0.1, 0.15) is 5.82 Å². The SMILES string of the molecule is NCc1ncc(-c2ccccc2)cn1. The number of nitrogens with two attached hydrogens (primary N) is 1. The molecule has 14 heavy (non-hydrogen) atoms. The van der Waals surface area contributed by atoms with Crippen LogP contribution in [0.15, 0.2) is 42.7 Å². The van der Waals surface area contributed by atoms with Crippen molar-refractivity contribution in [2.24, 2.45) is 5.73 Å². The lowest BCUT2D eigenvalue weighted by Gasteiger charge is -2.00. The normalized spacial score (nSPS) is 10.1. The Kier molecular flexibility index (Phi) is 2.51. The molecule has 2 aromatic rings. The van der Waals surface area contributed by atoms with Gasteiger partial charge in [-0.15, -0.1) is 0 Å². The third-order valence-corrected chi connectivity index (χ3v) is 2.00. The topological polar surface area (TPSA) is 51.8 Å². The van der Waals surface area contributed by atoms with E-state index in [4.69, 9.17) is 5.73 Å². The Morgan fingerprint density at radius 3 is 2.14 bits per heavy atom. The van der Waals surface area contributed by atoms with Crippen molar-refractivity contribution in [2.75, 3.05) is 0 Å². The van der Waals surface area contributed by atoms with E-state index < -0.39 is 0 Å². The molecule has 0 unspecified atom stereocenters. The molecule has 0 aliphatic rings. The van der Waals surface area contributed by atoms with Gasteiger partial charge in [-0.05, 0) is 5.56 Å². The third-order valence-electron chi connectivity index (χ3n) is 2.00. The molecule has 1 heterocycles. The Hall–Kier alpha value is -1.74. The maximum absolute atomic E-state index is 5.41. The minimum absolute atomic E-state index is 0.384. The zero-order chi connectivity index (χ0) is 9.80. The van der Waals surface area contributed by atoms with Gasteiger partial charge in [-0.3, -0.25) is 0 Å². The van der Waals surface area contributed by atoms with Gasteiger partial charge < -0.3 is 5.73 Å². The van der Waals surface area contributed by atoms with E-state index >= 15 is 0 Å². The number of hydrogen-bond acceptors (Lipinski definition) is 3. The standard InChI is InChI=1S/C11H11N3/c12-6-11-13-7-10(8-14-11)9-4-2-1-3-5-9/h1-5,7-8H,6,12H2. The molecule has 2 rings (SSSR count). The molecule has 0 radical (unpaired) electrons. The first kappa shape index (κ1) is 8.84. The Morgan fingerprint density at radius 1 is 0.929 bits per heavy atom. The van der Waals surface area contributed by atoms with Crippen LogP contribution in [0.4, 0.5) is 0 Å². The molecule has 0 spiro atoms. The van der Waals surface area contributed by atoms with Gasteiger partial charge in [0.2, 0.25) is 0 Å². The number of hydrogen-bond donors (Lipinski definition) is 1. The fourth-order valence-electron chi connectivity index (χ4n) is 1.24. The van der Waals surface area contributed by atoms with Crippen LogP contribution in [0, 0.1) is 0 Å². The summed E-state index contributed by atoms with van der Waals surface area (Å²) in [6, 6.07) is 10.0. The average Bonchev–Trinajstić information content (AvgIpc) is 2.30. The van der Waals surface area contributed by atoms with Crippen LogP contribution in [0.5, 0.6) is 0 Å². The summed E-state index contributed by atoms with van der Waals surface area (Å²) in [5.74, 6) is 0.671. The van der Waals surface area contributed by atoms with E-state index in [2.05, 4.69) is 9.97 Å². The number of benzene rings is 1. The lowest BCUT2D eigenvalue weighted by Crippen LogP contribution is -2.01. The second-order valence-electron chi connectivity index (χ2n) is 2.96. The molecular weight excluding hydrogens is 174 g/mol. The Balaban J connectivity index is 2.34. The van der Waals surface area contributed by atoms with E-state index in [9.17, 15) is 0 Å². The van der Waals surface area contributed by atoms with Crippen LogP contribution < -0.4 is 5.73 Å². The van der Waals surface area contributed by atoms with Crippen molar-refractivity contribution >= 4 is 0 Å². The highest BCUT2D eigenvalue weighted by molar-refractivity contribution is 5.60. The zero-order valence-electron chi connectivity index (χ0n) is 7.72. The molecule has 0 aliphatic heterocycles. The van der Waals surface area contributed by atoms with Crippen molar-refractivity contribution in [2.45, 2.75) is 6.54 Å². The zero-order valence-corrected chi connectivity index (χ0v) is 7.72. The minimum Gasteiger partial charge on any atom is -0.324 e. The van der Waals surface area contributed by atoms with Crippen LogP contribution in [0.1, 0.15) is 5.82 Å². The lowest BCUT2D eigenvalue weighted by atomic mass is 10.1. The van der Waals surface area contributed by atoms with Crippen molar-refractivity contribution in [1.82, 2.24) is 9.97 Å². The van der Waals surface area contributed by atoms with Gasteiger partial charge in [0.25, 0.3) is 0 Å². The maximum Gasteiger partial charge on any atom is 0.141 e. The second-order valence-corrected chi connectivity index (χ2v) is 2.96. The van der Waals surface area contributed by atoms with E-state index in [0.29, 0.717) is 12.4 Å². The van der Waals surface area contributed by atoms with Crippen LogP contribution in [-0.2, 0) is 6.54 Å². The van der Waals surface area contributed by atoms with Crippen molar-refractivity contribution in [3.8, 4) is 11.1 Å². The summed E-state index contributed by atoms with van der Waals surface area (Å²) < 4.78 is 0. The van der Waals surface area contributed by atoms with Gasteiger partial charge in [0, 0.05) is 18.0 Å². The predicted molar refractivity (Wildman–Crippen MR) is 55.4 cm³/mol. The first-order valence-corrected chi connectivity index (χ1v) is 4.46. The van der Waals surface area contributed by atoms with E-state index in [0.717, 1.165) is 11.1 Å². The molecular formula is C11H11N3. The largest absolute Gasteiger partial charge is 0.324 e. The van der Waals surface area contributed by atoms with Crippen molar-refractivity contribution in [3.63, 3.8) is 0 Å². The highest BCUT2D eigenvalue weighted by Crippen LogP contribution is 2.15. The van der Waals surface area contributed by atoms with Gasteiger partial charge in [-0.25, -0.2) is 9.97 Å². The van der Waals surface area contributed by atoms with Gasteiger partial charge in [0.15, 0.2) is 0 Å². The van der Waals surface area contributed by atoms with Crippen molar-refractivity contribution in [3.05, 3.63) is 48.5 Å². The minimum atomic E-state index is 0.384. The molecule has 0 atom stereocenters. The summed E-state index contributed by atoms with van der Waals surface area (Å²) in [5.41, 5.74) is 7.55. The van der Waals surface area contributed by atoms with Crippen molar-refractivity contribution in [1.29, 1.82) is 0 Å². The molecule has 0 aliphatic carbocycles. The van der Waals surface area contributed by atoms with E-state index in [1.165, 1.54) is 0 Å². The molecule has 2 N–H and O–H groups in total. The van der Waals surface area contributed by atoms with E-state index in [1.54, 1.807) is 12.4 Å². The number of nitrogens with zero attached hydrogens (tertiary/aromatic N) is 2. The predicted octanol–water partition coefficient (Wildman–Crippen LogP) is 1.60. The molecule has 0 saturated heterocycles. The molecule has 0 saturated carbocycles. The highest BCUT2D eigenvalue weighted by Gasteiger charge is 1.97. The Labute approximate surface area is 82.6 Å². The summed E-state index contributed by atoms with van der Waals surface area (Å²) in [5, 5.41) is 0. The Bertz CT molecular complexity index is 395. The van der Waals surface area contributed by atoms with Crippen molar-refractivity contribution < 1.29 is 0 Å². The highest BCUT2D eigenvalue weighted by atomic mass is 14.9. The van der Waals surface area contributed by atoms with Crippen LogP contribution in [0.25, 0.3) is 11.1 Å². The Morgan fingerprint density at radius 2 is 1.57 bits per heavy atom. The average molecular weight is 185 g/mol. The van der Waals surface area contributed by atoms with Crippen LogP contribution in [0.2, 0.25) is 0 Å². The molecule has 3 heteroatoms. The van der Waals surface area contributed by atoms with Gasteiger partial charge >= 0.3 is 0 Å². The third kappa shape index (κ3) is 1.78. The molecule has 1 aromatic heterocycles. The summed E-state index contributed by atoms with van der Waals surface area (Å²) in [4.78, 5) is 8.27. The lowest BCUT2D eigenvalue weighted by molar-refractivity contribution is 0.910. The first-order valence-electron chi connectivity index (χ1n) is 4.46. The van der Waals surface area contributed by atoms with E-state index in [1.807, 2.05) is 30.3 Å². The molecule has 0 fully saturated rings. The summed E-state index contributed by atoms with van der Waals surface area (Å²) in [7, 11) is 0. The summed E-state index contributed by atoms with van der Waals surface area (Å²) >= 11 is 0. The molecule has 70 valence electrons.